The molecule has 2 aliphatic rings. The van der Waals surface area contributed by atoms with Crippen molar-refractivity contribution < 1.29 is 0 Å². The van der Waals surface area contributed by atoms with Gasteiger partial charge >= 0.3 is 0 Å². The second-order valence-corrected chi connectivity index (χ2v) is 11.6. The SMILES string of the molecule is C1=Cc2ccc3c(c2CC1)CCc1cc2c4ccccc4n(-c4cc(-c5ccccc5)nc(-c5ccccc5)n4)c2cc1-3. The minimum atomic E-state index is 0.728. The minimum Gasteiger partial charge on any atom is -0.294 e. The first kappa shape index (κ1) is 24.3. The summed E-state index contributed by atoms with van der Waals surface area (Å²) in [5, 5.41) is 2.53. The Labute approximate surface area is 250 Å². The highest BCUT2D eigenvalue weighted by molar-refractivity contribution is 6.11. The Morgan fingerprint density at radius 2 is 1.35 bits per heavy atom. The molecular weight excluding hydrogens is 522 g/mol. The van der Waals surface area contributed by atoms with Crippen LogP contribution in [0, 0.1) is 0 Å². The molecule has 0 unspecified atom stereocenters. The predicted molar refractivity (Wildman–Crippen MR) is 177 cm³/mol. The maximum Gasteiger partial charge on any atom is 0.162 e. The van der Waals surface area contributed by atoms with E-state index in [1.807, 2.05) is 24.3 Å². The molecule has 43 heavy (non-hydrogen) atoms. The van der Waals surface area contributed by atoms with Crippen LogP contribution < -0.4 is 0 Å². The first-order valence-corrected chi connectivity index (χ1v) is 15.2. The van der Waals surface area contributed by atoms with Gasteiger partial charge in [-0.05, 0) is 77.3 Å². The molecule has 2 aromatic heterocycles. The fourth-order valence-corrected chi connectivity index (χ4v) is 7.18. The number of aryl methyl sites for hydroxylation is 1. The smallest absolute Gasteiger partial charge is 0.162 e. The molecule has 3 heteroatoms. The van der Waals surface area contributed by atoms with Gasteiger partial charge in [0.2, 0.25) is 0 Å². The zero-order chi connectivity index (χ0) is 28.3. The maximum absolute atomic E-state index is 5.23. The summed E-state index contributed by atoms with van der Waals surface area (Å²) in [6.45, 7) is 0. The van der Waals surface area contributed by atoms with Crippen molar-refractivity contribution >= 4 is 27.9 Å². The fourth-order valence-electron chi connectivity index (χ4n) is 7.18. The number of benzene rings is 5. The molecule has 0 aliphatic heterocycles. The van der Waals surface area contributed by atoms with Gasteiger partial charge < -0.3 is 0 Å². The molecular formula is C40H29N3. The Kier molecular flexibility index (Phi) is 5.45. The predicted octanol–water partition coefficient (Wildman–Crippen LogP) is 9.63. The topological polar surface area (TPSA) is 30.7 Å². The number of hydrogen-bond donors (Lipinski definition) is 0. The van der Waals surface area contributed by atoms with E-state index in [4.69, 9.17) is 9.97 Å². The third-order valence-corrected chi connectivity index (χ3v) is 9.20. The minimum absolute atomic E-state index is 0.728. The van der Waals surface area contributed by atoms with Gasteiger partial charge in [0, 0.05) is 28.0 Å². The molecule has 2 heterocycles. The quantitative estimate of drug-likeness (QED) is 0.219. The zero-order valence-electron chi connectivity index (χ0n) is 23.8. The van der Waals surface area contributed by atoms with Crippen molar-refractivity contribution in [3.8, 4) is 39.6 Å². The van der Waals surface area contributed by atoms with Crippen molar-refractivity contribution in [3.63, 3.8) is 0 Å². The molecule has 5 aromatic carbocycles. The summed E-state index contributed by atoms with van der Waals surface area (Å²) in [4.78, 5) is 10.3. The lowest BCUT2D eigenvalue weighted by Crippen LogP contribution is -2.10. The molecule has 0 radical (unpaired) electrons. The van der Waals surface area contributed by atoms with E-state index < -0.39 is 0 Å². The van der Waals surface area contributed by atoms with Gasteiger partial charge in [-0.2, -0.15) is 0 Å². The fraction of sp³-hybridized carbons (Fsp3) is 0.100. The molecule has 0 saturated carbocycles. The van der Waals surface area contributed by atoms with Crippen LogP contribution in [0.5, 0.6) is 0 Å². The van der Waals surface area contributed by atoms with E-state index in [-0.39, 0.29) is 0 Å². The molecule has 0 bridgehead atoms. The molecule has 3 nitrogen and oxygen atoms in total. The highest BCUT2D eigenvalue weighted by Crippen LogP contribution is 2.43. The lowest BCUT2D eigenvalue weighted by atomic mass is 9.79. The molecule has 9 rings (SSSR count). The molecule has 0 atom stereocenters. The number of nitrogens with zero attached hydrogens (tertiary/aromatic N) is 3. The summed E-state index contributed by atoms with van der Waals surface area (Å²) >= 11 is 0. The van der Waals surface area contributed by atoms with E-state index in [2.05, 4.69) is 108 Å². The third kappa shape index (κ3) is 3.89. The largest absolute Gasteiger partial charge is 0.294 e. The second kappa shape index (κ2) is 9.64. The third-order valence-electron chi connectivity index (χ3n) is 9.20. The summed E-state index contributed by atoms with van der Waals surface area (Å²) in [6.07, 6.45) is 9.06. The summed E-state index contributed by atoms with van der Waals surface area (Å²) in [5.74, 6) is 1.61. The van der Waals surface area contributed by atoms with Crippen LogP contribution in [-0.4, -0.2) is 14.5 Å². The first-order valence-electron chi connectivity index (χ1n) is 15.2. The molecule has 204 valence electrons. The highest BCUT2D eigenvalue weighted by Gasteiger charge is 2.24. The van der Waals surface area contributed by atoms with Gasteiger partial charge in [-0.3, -0.25) is 4.57 Å². The van der Waals surface area contributed by atoms with E-state index in [1.165, 1.54) is 44.1 Å². The zero-order valence-corrected chi connectivity index (χ0v) is 23.8. The standard InChI is InChI=1S/C40H29N3/c1-3-12-27(13-4-1)36-25-39(42-40(41-36)28-14-5-2-6-15-28)43-37-18-10-9-17-33(37)35-23-29-20-22-31-30-16-8-7-11-26(30)19-21-32(31)34(29)24-38(35)43/h1-7,9-15,17-19,21,23-25H,8,16,20,22H2. The summed E-state index contributed by atoms with van der Waals surface area (Å²) < 4.78 is 2.35. The van der Waals surface area contributed by atoms with Gasteiger partial charge in [-0.25, -0.2) is 9.97 Å². The number of hydrogen-bond acceptors (Lipinski definition) is 2. The van der Waals surface area contributed by atoms with E-state index >= 15 is 0 Å². The second-order valence-electron chi connectivity index (χ2n) is 11.6. The Morgan fingerprint density at radius 1 is 0.558 bits per heavy atom. The molecule has 7 aromatic rings. The van der Waals surface area contributed by atoms with Gasteiger partial charge in [-0.15, -0.1) is 0 Å². The van der Waals surface area contributed by atoms with Gasteiger partial charge in [0.05, 0.1) is 16.7 Å². The Hall–Kier alpha value is -5.28. The van der Waals surface area contributed by atoms with Gasteiger partial charge in [0.25, 0.3) is 0 Å². The molecule has 0 saturated heterocycles. The van der Waals surface area contributed by atoms with Crippen LogP contribution in [0.4, 0.5) is 0 Å². The van der Waals surface area contributed by atoms with Gasteiger partial charge in [0.15, 0.2) is 5.82 Å². The average Bonchev–Trinajstić information content (AvgIpc) is 3.41. The summed E-state index contributed by atoms with van der Waals surface area (Å²) in [7, 11) is 0. The van der Waals surface area contributed by atoms with E-state index in [0.717, 1.165) is 59.7 Å². The van der Waals surface area contributed by atoms with Crippen LogP contribution >= 0.6 is 0 Å². The van der Waals surface area contributed by atoms with E-state index in [1.54, 1.807) is 5.56 Å². The van der Waals surface area contributed by atoms with Gasteiger partial charge in [0.1, 0.15) is 5.82 Å². The van der Waals surface area contributed by atoms with Crippen LogP contribution in [0.25, 0.3) is 67.5 Å². The number of aromatic nitrogens is 3. The summed E-state index contributed by atoms with van der Waals surface area (Å²) in [5.41, 5.74) is 14.0. The molecule has 2 aliphatic carbocycles. The van der Waals surface area contributed by atoms with E-state index in [9.17, 15) is 0 Å². The van der Waals surface area contributed by atoms with Crippen LogP contribution in [-0.2, 0) is 19.3 Å². The molecule has 0 amide bonds. The normalized spacial score (nSPS) is 13.6. The number of para-hydroxylation sites is 1. The lowest BCUT2D eigenvalue weighted by Gasteiger charge is -2.25. The Bertz CT molecular complexity index is 2160. The van der Waals surface area contributed by atoms with Crippen LogP contribution in [0.1, 0.15) is 28.7 Å². The van der Waals surface area contributed by atoms with Gasteiger partial charge in [-0.1, -0.05) is 103 Å². The van der Waals surface area contributed by atoms with Crippen molar-refractivity contribution in [3.05, 3.63) is 144 Å². The first-order chi connectivity index (χ1) is 21.3. The van der Waals surface area contributed by atoms with E-state index in [0.29, 0.717) is 0 Å². The van der Waals surface area contributed by atoms with Crippen LogP contribution in [0.15, 0.2) is 121 Å². The molecule has 0 spiro atoms. The van der Waals surface area contributed by atoms with Crippen molar-refractivity contribution in [2.24, 2.45) is 0 Å². The lowest BCUT2D eigenvalue weighted by molar-refractivity contribution is 0.888. The van der Waals surface area contributed by atoms with Crippen molar-refractivity contribution in [1.29, 1.82) is 0 Å². The van der Waals surface area contributed by atoms with Crippen molar-refractivity contribution in [2.45, 2.75) is 25.7 Å². The summed E-state index contributed by atoms with van der Waals surface area (Å²) in [6, 6.07) is 41.2. The molecule has 0 N–H and O–H groups in total. The Balaban J connectivity index is 1.33. The number of fused-ring (bicyclic) bond motifs is 8. The monoisotopic (exact) mass is 551 g/mol. The van der Waals surface area contributed by atoms with Crippen molar-refractivity contribution in [2.75, 3.05) is 0 Å². The number of rotatable bonds is 3. The van der Waals surface area contributed by atoms with Crippen LogP contribution in [0.2, 0.25) is 0 Å². The maximum atomic E-state index is 5.23. The number of allylic oxidation sites excluding steroid dienone is 1. The Morgan fingerprint density at radius 3 is 2.21 bits per heavy atom. The van der Waals surface area contributed by atoms with Crippen LogP contribution in [0.3, 0.4) is 0 Å². The molecule has 0 fully saturated rings. The average molecular weight is 552 g/mol. The highest BCUT2D eigenvalue weighted by atomic mass is 15.1. The van der Waals surface area contributed by atoms with Crippen molar-refractivity contribution in [1.82, 2.24) is 14.5 Å².